The van der Waals surface area contributed by atoms with Gasteiger partial charge in [-0.3, -0.25) is 9.59 Å². The largest absolute Gasteiger partial charge is 0.349 e. The van der Waals surface area contributed by atoms with Crippen molar-refractivity contribution in [2.45, 2.75) is 19.3 Å². The number of likely N-dealkylation sites (tertiary alicyclic amines) is 1. The number of hydrogen-bond acceptors (Lipinski definition) is 5. The number of nitrogens with one attached hydrogen (secondary N) is 2. The molecule has 0 atom stereocenters. The van der Waals surface area contributed by atoms with E-state index in [4.69, 9.17) is 0 Å². The molecule has 1 saturated heterocycles. The highest BCUT2D eigenvalue weighted by Crippen LogP contribution is 2.11. The molecule has 3 rings (SSSR count). The van der Waals surface area contributed by atoms with Crippen LogP contribution < -0.4 is 10.6 Å². The summed E-state index contributed by atoms with van der Waals surface area (Å²) in [5, 5.41) is 5.53. The lowest BCUT2D eigenvalue weighted by molar-refractivity contribution is 0.0942. The molecule has 26 heavy (non-hydrogen) atoms. The van der Waals surface area contributed by atoms with Crippen molar-refractivity contribution in [2.75, 3.05) is 31.5 Å². The third kappa shape index (κ3) is 4.86. The van der Waals surface area contributed by atoms with Crippen molar-refractivity contribution in [3.05, 3.63) is 54.0 Å². The molecule has 7 nitrogen and oxygen atoms in total. The third-order valence-electron chi connectivity index (χ3n) is 4.34. The zero-order chi connectivity index (χ0) is 18.2. The first-order chi connectivity index (χ1) is 12.7. The van der Waals surface area contributed by atoms with Gasteiger partial charge in [0.05, 0.1) is 0 Å². The Balaban J connectivity index is 1.59. The molecule has 2 heterocycles. The van der Waals surface area contributed by atoms with Crippen LogP contribution in [0.3, 0.4) is 0 Å². The van der Waals surface area contributed by atoms with Gasteiger partial charge in [0.1, 0.15) is 0 Å². The topological polar surface area (TPSA) is 87.2 Å². The van der Waals surface area contributed by atoms with E-state index >= 15 is 0 Å². The van der Waals surface area contributed by atoms with E-state index in [1.807, 2.05) is 6.07 Å². The fourth-order valence-corrected chi connectivity index (χ4v) is 2.96. The molecule has 2 N–H and O–H groups in total. The SMILES string of the molecule is O=C(Nc1nccnc1C(=O)NCCN1CCCCC1)c1ccccc1. The molecular weight excluding hydrogens is 330 g/mol. The number of carbonyl (C=O) groups excluding carboxylic acids is 2. The zero-order valence-corrected chi connectivity index (χ0v) is 14.6. The molecule has 1 aromatic carbocycles. The van der Waals surface area contributed by atoms with Gasteiger partial charge in [-0.15, -0.1) is 0 Å². The molecule has 0 saturated carbocycles. The van der Waals surface area contributed by atoms with E-state index in [-0.39, 0.29) is 23.3 Å². The van der Waals surface area contributed by atoms with Gasteiger partial charge in [-0.2, -0.15) is 0 Å². The summed E-state index contributed by atoms with van der Waals surface area (Å²) in [6, 6.07) is 8.79. The predicted molar refractivity (Wildman–Crippen MR) is 99.1 cm³/mol. The lowest BCUT2D eigenvalue weighted by Gasteiger charge is -2.26. The number of amides is 2. The summed E-state index contributed by atoms with van der Waals surface area (Å²) in [5.74, 6) is -0.497. The van der Waals surface area contributed by atoms with Crippen LogP contribution in [0.5, 0.6) is 0 Å². The van der Waals surface area contributed by atoms with E-state index in [0.717, 1.165) is 19.6 Å². The first-order valence-corrected chi connectivity index (χ1v) is 8.92. The average Bonchev–Trinajstić information content (AvgIpc) is 2.70. The normalized spacial score (nSPS) is 14.6. The van der Waals surface area contributed by atoms with E-state index in [2.05, 4.69) is 25.5 Å². The number of hydrogen-bond donors (Lipinski definition) is 2. The van der Waals surface area contributed by atoms with E-state index in [1.54, 1.807) is 24.3 Å². The minimum atomic E-state index is -0.335. The number of aromatic nitrogens is 2. The number of benzene rings is 1. The minimum absolute atomic E-state index is 0.121. The average molecular weight is 353 g/mol. The van der Waals surface area contributed by atoms with Crippen molar-refractivity contribution in [2.24, 2.45) is 0 Å². The van der Waals surface area contributed by atoms with E-state index < -0.39 is 0 Å². The number of carbonyl (C=O) groups is 2. The van der Waals surface area contributed by atoms with Crippen LogP contribution in [-0.2, 0) is 0 Å². The van der Waals surface area contributed by atoms with Gasteiger partial charge in [0.25, 0.3) is 11.8 Å². The molecule has 136 valence electrons. The summed E-state index contributed by atoms with van der Waals surface area (Å²) in [6.45, 7) is 3.53. The van der Waals surface area contributed by atoms with Crippen molar-refractivity contribution >= 4 is 17.6 Å². The predicted octanol–water partition coefficient (Wildman–Crippen LogP) is 1.94. The maximum Gasteiger partial charge on any atom is 0.273 e. The molecule has 0 radical (unpaired) electrons. The van der Waals surface area contributed by atoms with Crippen LogP contribution in [0.4, 0.5) is 5.82 Å². The van der Waals surface area contributed by atoms with E-state index in [1.165, 1.54) is 31.7 Å². The van der Waals surface area contributed by atoms with Crippen molar-refractivity contribution < 1.29 is 9.59 Å². The first kappa shape index (κ1) is 18.0. The molecule has 1 fully saturated rings. The van der Waals surface area contributed by atoms with Gasteiger partial charge in [0.15, 0.2) is 11.5 Å². The smallest absolute Gasteiger partial charge is 0.273 e. The molecule has 1 aromatic heterocycles. The summed E-state index contributed by atoms with van der Waals surface area (Å²) in [5.41, 5.74) is 0.616. The highest BCUT2D eigenvalue weighted by atomic mass is 16.2. The number of anilines is 1. The maximum atomic E-state index is 12.4. The molecule has 0 spiro atoms. The van der Waals surface area contributed by atoms with Gasteiger partial charge in [-0.05, 0) is 38.1 Å². The molecule has 0 aliphatic carbocycles. The first-order valence-electron chi connectivity index (χ1n) is 8.92. The van der Waals surface area contributed by atoms with Crippen LogP contribution >= 0.6 is 0 Å². The fraction of sp³-hybridized carbons (Fsp3) is 0.368. The highest BCUT2D eigenvalue weighted by molar-refractivity contribution is 6.07. The van der Waals surface area contributed by atoms with Crippen molar-refractivity contribution in [1.82, 2.24) is 20.2 Å². The van der Waals surface area contributed by atoms with Crippen LogP contribution in [0.2, 0.25) is 0 Å². The molecule has 1 aliphatic heterocycles. The summed E-state index contributed by atoms with van der Waals surface area (Å²) >= 11 is 0. The Kier molecular flexibility index (Phi) is 6.27. The van der Waals surface area contributed by atoms with Gasteiger partial charge in [0, 0.05) is 31.0 Å². The Bertz CT molecular complexity index is 745. The second-order valence-corrected chi connectivity index (χ2v) is 6.23. The van der Waals surface area contributed by atoms with Gasteiger partial charge >= 0.3 is 0 Å². The fourth-order valence-electron chi connectivity index (χ4n) is 2.96. The molecule has 2 amide bonds. The Labute approximate surface area is 152 Å². The van der Waals surface area contributed by atoms with Gasteiger partial charge in [-0.1, -0.05) is 24.6 Å². The number of rotatable bonds is 6. The van der Waals surface area contributed by atoms with Crippen LogP contribution in [-0.4, -0.2) is 52.9 Å². The van der Waals surface area contributed by atoms with Crippen molar-refractivity contribution in [3.8, 4) is 0 Å². The summed E-state index contributed by atoms with van der Waals surface area (Å²) in [6.07, 6.45) is 6.61. The van der Waals surface area contributed by atoms with Crippen LogP contribution in [0.15, 0.2) is 42.7 Å². The Morgan fingerprint density at radius 2 is 1.69 bits per heavy atom. The second-order valence-electron chi connectivity index (χ2n) is 6.23. The summed E-state index contributed by atoms with van der Waals surface area (Å²) in [4.78, 5) is 35.3. The summed E-state index contributed by atoms with van der Waals surface area (Å²) < 4.78 is 0. The van der Waals surface area contributed by atoms with Crippen LogP contribution in [0.25, 0.3) is 0 Å². The molecule has 2 aromatic rings. The lowest BCUT2D eigenvalue weighted by Crippen LogP contribution is -2.38. The molecule has 1 aliphatic rings. The van der Waals surface area contributed by atoms with E-state index in [9.17, 15) is 9.59 Å². The molecule has 0 unspecified atom stereocenters. The van der Waals surface area contributed by atoms with Gasteiger partial charge in [-0.25, -0.2) is 9.97 Å². The Morgan fingerprint density at radius 3 is 2.46 bits per heavy atom. The number of nitrogens with zero attached hydrogens (tertiary/aromatic N) is 3. The van der Waals surface area contributed by atoms with Gasteiger partial charge < -0.3 is 15.5 Å². The highest BCUT2D eigenvalue weighted by Gasteiger charge is 2.17. The minimum Gasteiger partial charge on any atom is -0.349 e. The summed E-state index contributed by atoms with van der Waals surface area (Å²) in [7, 11) is 0. The molecule has 7 heteroatoms. The quantitative estimate of drug-likeness (QED) is 0.829. The zero-order valence-electron chi connectivity index (χ0n) is 14.6. The molecule has 0 bridgehead atoms. The second kappa shape index (κ2) is 9.05. The van der Waals surface area contributed by atoms with Crippen molar-refractivity contribution in [1.29, 1.82) is 0 Å². The monoisotopic (exact) mass is 353 g/mol. The van der Waals surface area contributed by atoms with Crippen molar-refractivity contribution in [3.63, 3.8) is 0 Å². The lowest BCUT2D eigenvalue weighted by atomic mass is 10.1. The van der Waals surface area contributed by atoms with E-state index in [0.29, 0.717) is 12.1 Å². The third-order valence-corrected chi connectivity index (χ3v) is 4.34. The Morgan fingerprint density at radius 1 is 0.962 bits per heavy atom. The molecular formula is C19H23N5O2. The Hall–Kier alpha value is -2.80. The standard InChI is InChI=1S/C19H23N5O2/c25-18(15-7-3-1-4-8-15)23-17-16(20-9-10-21-17)19(26)22-11-14-24-12-5-2-6-13-24/h1,3-4,7-10H,2,5-6,11-14H2,(H,22,26)(H,21,23,25). The maximum absolute atomic E-state index is 12.4. The van der Waals surface area contributed by atoms with Gasteiger partial charge in [0.2, 0.25) is 0 Å². The van der Waals surface area contributed by atoms with Crippen LogP contribution in [0.1, 0.15) is 40.1 Å². The number of piperidine rings is 1. The van der Waals surface area contributed by atoms with Crippen LogP contribution in [0, 0.1) is 0 Å².